The maximum Gasteiger partial charge on any atom is 0.257 e. The second kappa shape index (κ2) is 8.37. The standard InChI is InChI=1S/C23H26ClN3O2/c1-3-29-21-9-5-4-7-18(21)23(28)27-12-6-8-19(15(27)2)25-22-14-16-13-17(24)10-11-20(16)26-22/h4-5,7,9-11,13-15,19,25-26H,3,6,8,12H2,1-2H3/t15-,19-/m0/s1. The number of aromatic amines is 1. The Labute approximate surface area is 176 Å². The van der Waals surface area contributed by atoms with Gasteiger partial charge in [-0.25, -0.2) is 0 Å². The number of H-pyrrole nitrogens is 1. The molecule has 0 spiro atoms. The highest BCUT2D eigenvalue weighted by molar-refractivity contribution is 6.31. The van der Waals surface area contributed by atoms with Crippen LogP contribution in [0.1, 0.15) is 37.0 Å². The quantitative estimate of drug-likeness (QED) is 0.597. The Bertz CT molecular complexity index is 1020. The number of benzene rings is 2. The first-order valence-corrected chi connectivity index (χ1v) is 10.5. The molecule has 2 aromatic carbocycles. The molecule has 1 aliphatic rings. The van der Waals surface area contributed by atoms with Gasteiger partial charge in [0.25, 0.3) is 5.91 Å². The molecule has 0 saturated carbocycles. The average Bonchev–Trinajstić information content (AvgIpc) is 3.11. The van der Waals surface area contributed by atoms with E-state index in [1.54, 1.807) is 0 Å². The van der Waals surface area contributed by atoms with Crippen molar-refractivity contribution < 1.29 is 9.53 Å². The molecule has 1 amide bonds. The van der Waals surface area contributed by atoms with Crippen molar-refractivity contribution in [3.05, 3.63) is 59.1 Å². The molecule has 5 nitrogen and oxygen atoms in total. The summed E-state index contributed by atoms with van der Waals surface area (Å²) in [4.78, 5) is 18.6. The first-order chi connectivity index (χ1) is 14.1. The highest BCUT2D eigenvalue weighted by Crippen LogP contribution is 2.28. The Kier molecular flexibility index (Phi) is 5.67. The topological polar surface area (TPSA) is 57.4 Å². The minimum absolute atomic E-state index is 0.0245. The fourth-order valence-corrected chi connectivity index (χ4v) is 4.26. The number of hydrogen-bond acceptors (Lipinski definition) is 3. The van der Waals surface area contributed by atoms with Gasteiger partial charge < -0.3 is 19.9 Å². The van der Waals surface area contributed by atoms with Gasteiger partial charge >= 0.3 is 0 Å². The summed E-state index contributed by atoms with van der Waals surface area (Å²) >= 11 is 6.10. The van der Waals surface area contributed by atoms with Crippen LogP contribution in [0.15, 0.2) is 48.5 Å². The van der Waals surface area contributed by atoms with E-state index in [0.29, 0.717) is 17.9 Å². The van der Waals surface area contributed by atoms with Crippen molar-refractivity contribution in [3.8, 4) is 5.75 Å². The van der Waals surface area contributed by atoms with Crippen LogP contribution in [0, 0.1) is 0 Å². The molecule has 1 saturated heterocycles. The predicted octanol–water partition coefficient (Wildman–Crippen LogP) is 5.33. The van der Waals surface area contributed by atoms with E-state index in [9.17, 15) is 4.79 Å². The van der Waals surface area contributed by atoms with Crippen LogP contribution >= 0.6 is 11.6 Å². The van der Waals surface area contributed by atoms with Gasteiger partial charge in [0, 0.05) is 34.6 Å². The van der Waals surface area contributed by atoms with Crippen LogP contribution in [0.3, 0.4) is 0 Å². The van der Waals surface area contributed by atoms with Crippen LogP contribution in [-0.4, -0.2) is 41.0 Å². The molecule has 1 fully saturated rings. The zero-order chi connectivity index (χ0) is 20.4. The normalized spacial score (nSPS) is 19.3. The highest BCUT2D eigenvalue weighted by atomic mass is 35.5. The summed E-state index contributed by atoms with van der Waals surface area (Å²) in [6, 6.07) is 15.6. The van der Waals surface area contributed by atoms with Crippen LogP contribution in [0.5, 0.6) is 5.75 Å². The zero-order valence-electron chi connectivity index (χ0n) is 16.7. The Morgan fingerprint density at radius 3 is 2.93 bits per heavy atom. The summed E-state index contributed by atoms with van der Waals surface area (Å²) in [7, 11) is 0. The van der Waals surface area contributed by atoms with E-state index in [0.717, 1.165) is 41.1 Å². The average molecular weight is 412 g/mol. The first-order valence-electron chi connectivity index (χ1n) is 10.1. The third kappa shape index (κ3) is 4.06. The Balaban J connectivity index is 1.52. The van der Waals surface area contributed by atoms with Gasteiger partial charge in [0.05, 0.1) is 12.2 Å². The number of piperidine rings is 1. The van der Waals surface area contributed by atoms with Crippen LogP contribution in [0.4, 0.5) is 5.82 Å². The second-order valence-electron chi connectivity index (χ2n) is 7.48. The fraction of sp³-hybridized carbons (Fsp3) is 0.348. The van der Waals surface area contributed by atoms with Crippen LogP contribution in [0.25, 0.3) is 10.9 Å². The molecule has 1 aliphatic heterocycles. The number of carbonyl (C=O) groups excluding carboxylic acids is 1. The summed E-state index contributed by atoms with van der Waals surface area (Å²) in [5.41, 5.74) is 1.67. The summed E-state index contributed by atoms with van der Waals surface area (Å²) in [6.07, 6.45) is 1.96. The maximum absolute atomic E-state index is 13.3. The SMILES string of the molecule is CCOc1ccccc1C(=O)N1CCC[C@H](Nc2cc3cc(Cl)ccc3[nH]2)[C@@H]1C. The predicted molar refractivity (Wildman–Crippen MR) is 118 cm³/mol. The van der Waals surface area contributed by atoms with Crippen molar-refractivity contribution in [1.82, 2.24) is 9.88 Å². The zero-order valence-corrected chi connectivity index (χ0v) is 17.5. The molecule has 29 heavy (non-hydrogen) atoms. The molecule has 1 aromatic heterocycles. The molecule has 152 valence electrons. The van der Waals surface area contributed by atoms with Crippen molar-refractivity contribution in [2.45, 2.75) is 38.8 Å². The van der Waals surface area contributed by atoms with Gasteiger partial charge in [-0.1, -0.05) is 23.7 Å². The Morgan fingerprint density at radius 1 is 1.28 bits per heavy atom. The van der Waals surface area contributed by atoms with E-state index < -0.39 is 0 Å². The van der Waals surface area contributed by atoms with E-state index in [2.05, 4.69) is 23.3 Å². The van der Waals surface area contributed by atoms with Gasteiger partial charge in [-0.15, -0.1) is 0 Å². The van der Waals surface area contributed by atoms with Gasteiger partial charge in [-0.05, 0) is 63.1 Å². The van der Waals surface area contributed by atoms with Crippen LogP contribution < -0.4 is 10.1 Å². The fourth-order valence-electron chi connectivity index (χ4n) is 4.08. The third-order valence-corrected chi connectivity index (χ3v) is 5.83. The highest BCUT2D eigenvalue weighted by Gasteiger charge is 2.32. The molecule has 4 rings (SSSR count). The number of rotatable bonds is 5. The van der Waals surface area contributed by atoms with E-state index in [1.165, 1.54) is 0 Å². The molecular weight excluding hydrogens is 386 g/mol. The monoisotopic (exact) mass is 411 g/mol. The summed E-state index contributed by atoms with van der Waals surface area (Å²) in [6.45, 7) is 5.32. The number of anilines is 1. The summed E-state index contributed by atoms with van der Waals surface area (Å²) in [5, 5.41) is 5.38. The Hall–Kier alpha value is -2.66. The lowest BCUT2D eigenvalue weighted by atomic mass is 9.96. The number of para-hydroxylation sites is 1. The first kappa shape index (κ1) is 19.6. The van der Waals surface area contributed by atoms with Crippen molar-refractivity contribution in [1.29, 1.82) is 0 Å². The number of amides is 1. The minimum atomic E-state index is 0.0245. The van der Waals surface area contributed by atoms with Gasteiger partial charge in [-0.3, -0.25) is 4.79 Å². The van der Waals surface area contributed by atoms with Gasteiger partial charge in [0.15, 0.2) is 0 Å². The minimum Gasteiger partial charge on any atom is -0.493 e. The van der Waals surface area contributed by atoms with Crippen molar-refractivity contribution >= 4 is 34.2 Å². The smallest absolute Gasteiger partial charge is 0.257 e. The van der Waals surface area contributed by atoms with Crippen molar-refractivity contribution in [2.75, 3.05) is 18.5 Å². The van der Waals surface area contributed by atoms with E-state index >= 15 is 0 Å². The molecule has 2 heterocycles. The molecule has 3 aromatic rings. The largest absolute Gasteiger partial charge is 0.493 e. The number of likely N-dealkylation sites (tertiary alicyclic amines) is 1. The number of fused-ring (bicyclic) bond motifs is 1. The van der Waals surface area contributed by atoms with E-state index in [-0.39, 0.29) is 18.0 Å². The van der Waals surface area contributed by atoms with Crippen molar-refractivity contribution in [3.63, 3.8) is 0 Å². The second-order valence-corrected chi connectivity index (χ2v) is 7.91. The van der Waals surface area contributed by atoms with Gasteiger partial charge in [0.2, 0.25) is 0 Å². The summed E-state index contributed by atoms with van der Waals surface area (Å²) < 4.78 is 5.67. The van der Waals surface area contributed by atoms with Crippen LogP contribution in [0.2, 0.25) is 5.02 Å². The number of halogens is 1. The number of nitrogens with one attached hydrogen (secondary N) is 2. The van der Waals surface area contributed by atoms with Gasteiger partial charge in [0.1, 0.15) is 11.6 Å². The van der Waals surface area contributed by atoms with Crippen molar-refractivity contribution in [2.24, 2.45) is 0 Å². The molecule has 0 bridgehead atoms. The van der Waals surface area contributed by atoms with E-state index in [4.69, 9.17) is 16.3 Å². The lowest BCUT2D eigenvalue weighted by Gasteiger charge is -2.40. The molecule has 0 unspecified atom stereocenters. The lowest BCUT2D eigenvalue weighted by molar-refractivity contribution is 0.0612. The molecule has 0 radical (unpaired) electrons. The number of nitrogens with zero attached hydrogens (tertiary/aromatic N) is 1. The Morgan fingerprint density at radius 2 is 2.10 bits per heavy atom. The number of hydrogen-bond donors (Lipinski definition) is 2. The van der Waals surface area contributed by atoms with Gasteiger partial charge in [-0.2, -0.15) is 0 Å². The molecule has 0 aliphatic carbocycles. The van der Waals surface area contributed by atoms with E-state index in [1.807, 2.05) is 54.3 Å². The lowest BCUT2D eigenvalue weighted by Crippen LogP contribution is -2.52. The number of aromatic nitrogens is 1. The number of ether oxygens (including phenoxy) is 1. The maximum atomic E-state index is 13.3. The summed E-state index contributed by atoms with van der Waals surface area (Å²) in [5.74, 6) is 1.62. The number of carbonyl (C=O) groups is 1. The van der Waals surface area contributed by atoms with Crippen LogP contribution in [-0.2, 0) is 0 Å². The molecule has 6 heteroatoms. The molecule has 2 atom stereocenters. The molecule has 2 N–H and O–H groups in total. The molecular formula is C23H26ClN3O2. The third-order valence-electron chi connectivity index (χ3n) is 5.59.